The summed E-state index contributed by atoms with van der Waals surface area (Å²) in [6.45, 7) is 2.16. The second-order valence-electron chi connectivity index (χ2n) is 3.90. The molecule has 0 saturated carbocycles. The van der Waals surface area contributed by atoms with Crippen LogP contribution in [0.25, 0.3) is 16.2 Å². The summed E-state index contributed by atoms with van der Waals surface area (Å²) in [5, 5.41) is 1.91. The predicted octanol–water partition coefficient (Wildman–Crippen LogP) is 3.76. The van der Waals surface area contributed by atoms with E-state index in [1.807, 2.05) is 27.7 Å². The van der Waals surface area contributed by atoms with Crippen LogP contribution < -0.4 is 5.73 Å². The van der Waals surface area contributed by atoms with Crippen LogP contribution in [-0.4, -0.2) is 15.1 Å². The van der Waals surface area contributed by atoms with Crippen molar-refractivity contribution in [2.24, 2.45) is 0 Å². The zero-order valence-electron chi connectivity index (χ0n) is 9.96. The number of benzene rings is 1. The van der Waals surface area contributed by atoms with E-state index < -0.39 is 0 Å². The van der Waals surface area contributed by atoms with Crippen LogP contribution in [0.15, 0.2) is 40.7 Å². The Hall–Kier alpha value is -1.46. The van der Waals surface area contributed by atoms with Gasteiger partial charge in [0, 0.05) is 22.0 Å². The minimum atomic E-state index is 0.743. The van der Waals surface area contributed by atoms with Crippen LogP contribution in [-0.2, 0) is 0 Å². The highest BCUT2D eigenvalue weighted by Crippen LogP contribution is 2.26. The molecule has 0 fully saturated rings. The number of imidazole rings is 1. The van der Waals surface area contributed by atoms with Gasteiger partial charge in [0.2, 0.25) is 0 Å². The van der Waals surface area contributed by atoms with E-state index in [-0.39, 0.29) is 0 Å². The van der Waals surface area contributed by atoms with Crippen molar-refractivity contribution < 1.29 is 0 Å². The van der Waals surface area contributed by atoms with Gasteiger partial charge in [-0.3, -0.25) is 4.40 Å². The molecule has 2 aromatic heterocycles. The number of rotatable bonds is 3. The van der Waals surface area contributed by atoms with Crippen LogP contribution in [0.2, 0.25) is 0 Å². The van der Waals surface area contributed by atoms with Crippen LogP contribution in [0.5, 0.6) is 0 Å². The number of nitrogens with zero attached hydrogens (tertiary/aromatic N) is 2. The van der Waals surface area contributed by atoms with Crippen LogP contribution in [0.1, 0.15) is 6.92 Å². The molecule has 3 rings (SSSR count). The van der Waals surface area contributed by atoms with E-state index in [1.165, 1.54) is 4.90 Å². The zero-order valence-corrected chi connectivity index (χ0v) is 11.6. The Morgan fingerprint density at radius 1 is 1.33 bits per heavy atom. The van der Waals surface area contributed by atoms with E-state index in [0.29, 0.717) is 0 Å². The Morgan fingerprint density at radius 3 is 2.78 bits per heavy atom. The summed E-state index contributed by atoms with van der Waals surface area (Å²) in [5.41, 5.74) is 7.97. The first-order chi connectivity index (χ1) is 8.78. The molecule has 0 spiro atoms. The minimum Gasteiger partial charge on any atom is -0.384 e. The monoisotopic (exact) mass is 275 g/mol. The average molecular weight is 275 g/mol. The van der Waals surface area contributed by atoms with Gasteiger partial charge in [-0.05, 0) is 17.9 Å². The number of aromatic nitrogens is 2. The van der Waals surface area contributed by atoms with E-state index in [9.17, 15) is 0 Å². The fraction of sp³-hybridized carbons (Fsp3) is 0.154. The van der Waals surface area contributed by atoms with Crippen LogP contribution in [0.4, 0.5) is 5.82 Å². The van der Waals surface area contributed by atoms with Crippen molar-refractivity contribution in [3.8, 4) is 11.3 Å². The highest BCUT2D eigenvalue weighted by Gasteiger charge is 2.07. The summed E-state index contributed by atoms with van der Waals surface area (Å²) in [6.07, 6.45) is 1.99. The fourth-order valence-corrected chi connectivity index (χ4v) is 3.25. The molecule has 92 valence electrons. The third-order valence-electron chi connectivity index (χ3n) is 2.70. The van der Waals surface area contributed by atoms with Crippen molar-refractivity contribution in [2.45, 2.75) is 11.8 Å². The smallest absolute Gasteiger partial charge is 0.195 e. The maximum absolute atomic E-state index is 5.86. The normalized spacial score (nSPS) is 11.2. The number of fused-ring (bicyclic) bond motifs is 1. The third kappa shape index (κ3) is 2.00. The van der Waals surface area contributed by atoms with Gasteiger partial charge in [0.05, 0.1) is 5.69 Å². The average Bonchev–Trinajstić information content (AvgIpc) is 2.94. The molecule has 0 aliphatic heterocycles. The molecule has 0 saturated heterocycles. The van der Waals surface area contributed by atoms with E-state index >= 15 is 0 Å². The minimum absolute atomic E-state index is 0.743. The molecule has 1 aromatic carbocycles. The summed E-state index contributed by atoms with van der Waals surface area (Å²) in [6, 6.07) is 8.50. The Bertz CT molecular complexity index is 667. The van der Waals surface area contributed by atoms with Crippen molar-refractivity contribution in [1.29, 1.82) is 0 Å². The lowest BCUT2D eigenvalue weighted by molar-refractivity contribution is 1.24. The second-order valence-corrected chi connectivity index (χ2v) is 6.07. The highest BCUT2D eigenvalue weighted by atomic mass is 32.2. The molecule has 2 N–H and O–H groups in total. The molecule has 3 nitrogen and oxygen atoms in total. The van der Waals surface area contributed by atoms with Gasteiger partial charge in [-0.2, -0.15) is 0 Å². The van der Waals surface area contributed by atoms with Gasteiger partial charge in [0.25, 0.3) is 0 Å². The molecule has 0 atom stereocenters. The lowest BCUT2D eigenvalue weighted by atomic mass is 10.2. The molecule has 5 heteroatoms. The van der Waals surface area contributed by atoms with E-state index in [0.717, 1.165) is 27.8 Å². The van der Waals surface area contributed by atoms with Crippen LogP contribution in [0, 0.1) is 0 Å². The van der Waals surface area contributed by atoms with Gasteiger partial charge in [-0.25, -0.2) is 4.98 Å². The van der Waals surface area contributed by atoms with Gasteiger partial charge in [0.15, 0.2) is 4.96 Å². The zero-order chi connectivity index (χ0) is 12.5. The van der Waals surface area contributed by atoms with Crippen molar-refractivity contribution in [2.75, 3.05) is 11.5 Å². The first kappa shape index (κ1) is 11.6. The predicted molar refractivity (Wildman–Crippen MR) is 79.3 cm³/mol. The lowest BCUT2D eigenvalue weighted by Crippen LogP contribution is -1.87. The first-order valence-electron chi connectivity index (χ1n) is 5.73. The van der Waals surface area contributed by atoms with Crippen LogP contribution in [0.3, 0.4) is 0 Å². The number of hydrogen-bond donors (Lipinski definition) is 1. The Balaban J connectivity index is 1.97. The largest absolute Gasteiger partial charge is 0.384 e. The van der Waals surface area contributed by atoms with Gasteiger partial charge in [-0.15, -0.1) is 23.1 Å². The fourth-order valence-electron chi connectivity index (χ4n) is 1.83. The first-order valence-corrected chi connectivity index (χ1v) is 7.60. The number of nitrogens with two attached hydrogens (primary N) is 1. The number of thiazole rings is 1. The molecule has 0 radical (unpaired) electrons. The van der Waals surface area contributed by atoms with Gasteiger partial charge < -0.3 is 5.73 Å². The lowest BCUT2D eigenvalue weighted by Gasteiger charge is -2.00. The molecule has 0 amide bonds. The molecule has 2 heterocycles. The Morgan fingerprint density at radius 2 is 2.11 bits per heavy atom. The molecular formula is C13H13N3S2. The van der Waals surface area contributed by atoms with Crippen molar-refractivity contribution >= 4 is 33.9 Å². The summed E-state index contributed by atoms with van der Waals surface area (Å²) in [5.74, 6) is 1.84. The van der Waals surface area contributed by atoms with E-state index in [2.05, 4.69) is 36.2 Å². The highest BCUT2D eigenvalue weighted by molar-refractivity contribution is 7.99. The van der Waals surface area contributed by atoms with Gasteiger partial charge >= 0.3 is 0 Å². The molecule has 0 bridgehead atoms. The maximum atomic E-state index is 5.86. The van der Waals surface area contributed by atoms with E-state index in [4.69, 9.17) is 5.73 Å². The summed E-state index contributed by atoms with van der Waals surface area (Å²) < 4.78 is 1.93. The summed E-state index contributed by atoms with van der Waals surface area (Å²) in [7, 11) is 0. The van der Waals surface area contributed by atoms with Gasteiger partial charge in [0.1, 0.15) is 5.82 Å². The Kier molecular flexibility index (Phi) is 3.01. The molecule has 3 aromatic rings. The number of hydrogen-bond acceptors (Lipinski definition) is 4. The molecule has 0 aliphatic rings. The standard InChI is InChI=1S/C13H13N3S2/c1-2-17-10-5-3-9(4-6-10)11-7-16-12(14)8-18-13(16)15-11/h3-8H,2,14H2,1H3. The van der Waals surface area contributed by atoms with E-state index in [1.54, 1.807) is 11.3 Å². The quantitative estimate of drug-likeness (QED) is 0.740. The topological polar surface area (TPSA) is 43.3 Å². The summed E-state index contributed by atoms with van der Waals surface area (Å²) in [4.78, 5) is 6.81. The molecule has 0 aliphatic carbocycles. The number of thioether (sulfide) groups is 1. The Labute approximate surface area is 114 Å². The maximum Gasteiger partial charge on any atom is 0.195 e. The van der Waals surface area contributed by atoms with Gasteiger partial charge in [-0.1, -0.05) is 19.1 Å². The SMILES string of the molecule is CCSc1ccc(-c2cn3c(N)csc3n2)cc1. The second kappa shape index (κ2) is 4.66. The summed E-state index contributed by atoms with van der Waals surface area (Å²) >= 11 is 3.41. The molecular weight excluding hydrogens is 262 g/mol. The van der Waals surface area contributed by atoms with Crippen molar-refractivity contribution in [3.63, 3.8) is 0 Å². The molecule has 0 unspecified atom stereocenters. The number of anilines is 1. The van der Waals surface area contributed by atoms with Crippen LogP contribution >= 0.6 is 23.1 Å². The molecule has 18 heavy (non-hydrogen) atoms. The third-order valence-corrected chi connectivity index (χ3v) is 4.45. The van der Waals surface area contributed by atoms with Crippen molar-refractivity contribution in [3.05, 3.63) is 35.8 Å². The van der Waals surface area contributed by atoms with Crippen molar-refractivity contribution in [1.82, 2.24) is 9.38 Å². The number of nitrogen functional groups attached to an aromatic ring is 1.